The summed E-state index contributed by atoms with van der Waals surface area (Å²) in [6.07, 6.45) is 2.17. The van der Waals surface area contributed by atoms with Crippen molar-refractivity contribution in [1.82, 2.24) is 4.90 Å². The Balaban J connectivity index is 1.73. The molecule has 3 nitrogen and oxygen atoms in total. The summed E-state index contributed by atoms with van der Waals surface area (Å²) in [4.78, 5) is 14.4. The van der Waals surface area contributed by atoms with Crippen molar-refractivity contribution in [2.24, 2.45) is 5.92 Å². The summed E-state index contributed by atoms with van der Waals surface area (Å²) in [5.74, 6) is 0.550. The van der Waals surface area contributed by atoms with E-state index in [1.54, 1.807) is 0 Å². The fourth-order valence-corrected chi connectivity index (χ4v) is 2.93. The second kappa shape index (κ2) is 7.34. The lowest BCUT2D eigenvalue weighted by Crippen LogP contribution is -2.42. The summed E-state index contributed by atoms with van der Waals surface area (Å²) in [6.45, 7) is 4.91. The second-order valence-corrected chi connectivity index (χ2v) is 6.58. The third kappa shape index (κ3) is 4.40. The summed E-state index contributed by atoms with van der Waals surface area (Å²) < 4.78 is 0.995. The molecule has 2 unspecified atom stereocenters. The molecule has 1 saturated heterocycles. The zero-order valence-corrected chi connectivity index (χ0v) is 13.5. The van der Waals surface area contributed by atoms with E-state index >= 15 is 0 Å². The molecule has 20 heavy (non-hydrogen) atoms. The fourth-order valence-electron chi connectivity index (χ4n) is 2.67. The Morgan fingerprint density at radius 3 is 2.75 bits per heavy atom. The lowest BCUT2D eigenvalue weighted by atomic mass is 9.96. The van der Waals surface area contributed by atoms with Gasteiger partial charge in [-0.05, 0) is 37.4 Å². The zero-order valence-electron chi connectivity index (χ0n) is 11.9. The van der Waals surface area contributed by atoms with Crippen LogP contribution in [0.5, 0.6) is 0 Å². The minimum absolute atomic E-state index is 0.157. The average Bonchev–Trinajstić information content (AvgIpc) is 2.43. The number of likely N-dealkylation sites (tertiary alicyclic amines) is 1. The van der Waals surface area contributed by atoms with E-state index in [2.05, 4.69) is 27.8 Å². The molecule has 1 heterocycles. The minimum atomic E-state index is -0.157. The van der Waals surface area contributed by atoms with E-state index in [1.807, 2.05) is 24.3 Å². The van der Waals surface area contributed by atoms with Gasteiger partial charge in [-0.2, -0.15) is 0 Å². The van der Waals surface area contributed by atoms with Gasteiger partial charge in [0, 0.05) is 29.5 Å². The number of nitrogens with zero attached hydrogens (tertiary/aromatic N) is 1. The summed E-state index contributed by atoms with van der Waals surface area (Å²) in [6, 6.07) is 7.54. The molecule has 1 aromatic carbocycles. The van der Waals surface area contributed by atoms with Crippen molar-refractivity contribution in [2.45, 2.75) is 32.3 Å². The molecule has 1 fully saturated rings. The number of hydrogen-bond donors (Lipinski definition) is 1. The molecule has 1 aromatic rings. The molecule has 0 amide bonds. The number of benzene rings is 1. The van der Waals surface area contributed by atoms with Gasteiger partial charge < -0.3 is 10.0 Å². The first-order valence-electron chi connectivity index (χ1n) is 7.25. The largest absolute Gasteiger partial charge is 0.393 e. The van der Waals surface area contributed by atoms with Crippen LogP contribution in [-0.2, 0) is 0 Å². The molecule has 0 spiro atoms. The number of carbonyl (C=O) groups is 1. The minimum Gasteiger partial charge on any atom is -0.393 e. The average molecular weight is 340 g/mol. The number of hydrogen-bond acceptors (Lipinski definition) is 3. The summed E-state index contributed by atoms with van der Waals surface area (Å²) in [5, 5.41) is 9.70. The van der Waals surface area contributed by atoms with Gasteiger partial charge >= 0.3 is 0 Å². The van der Waals surface area contributed by atoms with Crippen LogP contribution in [0.4, 0.5) is 0 Å². The molecule has 0 bridgehead atoms. The first kappa shape index (κ1) is 15.7. The molecule has 1 N–H and O–H groups in total. The predicted molar refractivity (Wildman–Crippen MR) is 83.9 cm³/mol. The topological polar surface area (TPSA) is 40.5 Å². The number of aliphatic hydroxyl groups excluding tert-OH is 1. The summed E-state index contributed by atoms with van der Waals surface area (Å²) in [7, 11) is 0. The van der Waals surface area contributed by atoms with Crippen LogP contribution in [-0.4, -0.2) is 41.5 Å². The van der Waals surface area contributed by atoms with Gasteiger partial charge in [0.25, 0.3) is 0 Å². The van der Waals surface area contributed by atoms with Crippen LogP contribution < -0.4 is 0 Å². The van der Waals surface area contributed by atoms with Crippen LogP contribution in [0.15, 0.2) is 28.7 Å². The van der Waals surface area contributed by atoms with E-state index in [0.717, 1.165) is 42.5 Å². The Kier molecular flexibility index (Phi) is 5.75. The molecule has 0 aromatic heterocycles. The van der Waals surface area contributed by atoms with Crippen molar-refractivity contribution in [3.63, 3.8) is 0 Å². The summed E-state index contributed by atoms with van der Waals surface area (Å²) in [5.41, 5.74) is 0.788. The number of halogens is 1. The molecular weight excluding hydrogens is 318 g/mol. The van der Waals surface area contributed by atoms with Crippen molar-refractivity contribution < 1.29 is 9.90 Å². The van der Waals surface area contributed by atoms with E-state index in [9.17, 15) is 9.90 Å². The molecule has 0 aliphatic carbocycles. The molecule has 2 atom stereocenters. The van der Waals surface area contributed by atoms with Crippen molar-refractivity contribution in [1.29, 1.82) is 0 Å². The lowest BCUT2D eigenvalue weighted by Gasteiger charge is -2.34. The molecule has 1 aliphatic heterocycles. The quantitative estimate of drug-likeness (QED) is 0.838. The fraction of sp³-hybridized carbons (Fsp3) is 0.562. The van der Waals surface area contributed by atoms with Crippen LogP contribution in [0.3, 0.4) is 0 Å². The lowest BCUT2D eigenvalue weighted by molar-refractivity contribution is 0.0344. The van der Waals surface area contributed by atoms with Gasteiger partial charge in [0.05, 0.1) is 6.10 Å². The first-order chi connectivity index (χ1) is 9.56. The van der Waals surface area contributed by atoms with Crippen LogP contribution in [0.2, 0.25) is 0 Å². The maximum Gasteiger partial charge on any atom is 0.162 e. The van der Waals surface area contributed by atoms with Gasteiger partial charge in [0.2, 0.25) is 0 Å². The monoisotopic (exact) mass is 339 g/mol. The highest BCUT2D eigenvalue weighted by atomic mass is 79.9. The summed E-state index contributed by atoms with van der Waals surface area (Å²) >= 11 is 3.37. The van der Waals surface area contributed by atoms with E-state index in [-0.39, 0.29) is 11.9 Å². The first-order valence-corrected chi connectivity index (χ1v) is 8.05. The van der Waals surface area contributed by atoms with Crippen molar-refractivity contribution in [3.8, 4) is 0 Å². The second-order valence-electron chi connectivity index (χ2n) is 5.67. The Morgan fingerprint density at radius 1 is 1.40 bits per heavy atom. The third-order valence-electron chi connectivity index (χ3n) is 3.99. The zero-order chi connectivity index (χ0) is 14.5. The van der Waals surface area contributed by atoms with Crippen LogP contribution in [0, 0.1) is 5.92 Å². The van der Waals surface area contributed by atoms with Gasteiger partial charge in [0.1, 0.15) is 0 Å². The number of ketones is 1. The standard InChI is InChI=1S/C16H22BrNO2/c1-12-11-18(10-8-15(12)19)9-2-3-16(20)13-4-6-14(17)7-5-13/h4-7,12,15,19H,2-3,8-11H2,1H3. The SMILES string of the molecule is CC1CN(CCCC(=O)c2ccc(Br)cc2)CCC1O. The highest BCUT2D eigenvalue weighted by Crippen LogP contribution is 2.17. The number of rotatable bonds is 5. The number of carbonyl (C=O) groups excluding carboxylic acids is 1. The third-order valence-corrected chi connectivity index (χ3v) is 4.52. The van der Waals surface area contributed by atoms with Crippen molar-refractivity contribution >= 4 is 21.7 Å². The Morgan fingerprint density at radius 2 is 2.10 bits per heavy atom. The predicted octanol–water partition coefficient (Wildman–Crippen LogP) is 3.11. The molecule has 110 valence electrons. The van der Waals surface area contributed by atoms with E-state index in [0.29, 0.717) is 12.3 Å². The van der Waals surface area contributed by atoms with Crippen LogP contribution in [0.25, 0.3) is 0 Å². The Hall–Kier alpha value is -0.710. The number of Topliss-reactive ketones (excluding diaryl/α,β-unsaturated/α-hetero) is 1. The van der Waals surface area contributed by atoms with Gasteiger partial charge in [-0.1, -0.05) is 35.0 Å². The molecular formula is C16H22BrNO2. The maximum absolute atomic E-state index is 12.0. The molecule has 1 aliphatic rings. The van der Waals surface area contributed by atoms with Gasteiger partial charge in [-0.15, -0.1) is 0 Å². The van der Waals surface area contributed by atoms with Crippen molar-refractivity contribution in [3.05, 3.63) is 34.3 Å². The van der Waals surface area contributed by atoms with Crippen LogP contribution >= 0.6 is 15.9 Å². The molecule has 2 rings (SSSR count). The van der Waals surface area contributed by atoms with Gasteiger partial charge in [0.15, 0.2) is 5.78 Å². The Labute approximate surface area is 129 Å². The number of aliphatic hydroxyl groups is 1. The highest BCUT2D eigenvalue weighted by molar-refractivity contribution is 9.10. The number of piperidine rings is 1. The smallest absolute Gasteiger partial charge is 0.162 e. The molecule has 4 heteroatoms. The Bertz CT molecular complexity index is 446. The van der Waals surface area contributed by atoms with Gasteiger partial charge in [-0.3, -0.25) is 4.79 Å². The molecule has 0 radical (unpaired) electrons. The highest BCUT2D eigenvalue weighted by Gasteiger charge is 2.23. The van der Waals surface area contributed by atoms with Crippen molar-refractivity contribution in [2.75, 3.05) is 19.6 Å². The van der Waals surface area contributed by atoms with Gasteiger partial charge in [-0.25, -0.2) is 0 Å². The van der Waals surface area contributed by atoms with E-state index in [4.69, 9.17) is 0 Å². The normalized spacial score (nSPS) is 23.8. The van der Waals surface area contributed by atoms with E-state index < -0.39 is 0 Å². The van der Waals surface area contributed by atoms with E-state index in [1.165, 1.54) is 0 Å². The molecule has 0 saturated carbocycles. The van der Waals surface area contributed by atoms with Crippen LogP contribution in [0.1, 0.15) is 36.5 Å². The maximum atomic E-state index is 12.0.